The SMILES string of the molecule is Cc1cc(-n2c3ccccc3c3ccccc32)ccc1C1=c2cccc(-c3ccc(-n4c5ccccc5c5ccccc54)cc3)c2=CCC1. The number of fused-ring (bicyclic) bond motifs is 7. The molecule has 0 spiro atoms. The molecule has 1 aliphatic rings. The van der Waals surface area contributed by atoms with Crippen LogP contribution in [0.1, 0.15) is 24.0 Å². The van der Waals surface area contributed by atoms with Gasteiger partial charge >= 0.3 is 0 Å². The molecule has 0 atom stereocenters. The fourth-order valence-electron chi connectivity index (χ4n) is 8.39. The second-order valence-corrected chi connectivity index (χ2v) is 13.3. The van der Waals surface area contributed by atoms with Gasteiger partial charge in [-0.3, -0.25) is 0 Å². The average molecular weight is 627 g/mol. The maximum absolute atomic E-state index is 2.44. The van der Waals surface area contributed by atoms with E-state index in [1.165, 1.54) is 93.3 Å². The van der Waals surface area contributed by atoms with E-state index in [-0.39, 0.29) is 0 Å². The Hall–Kier alpha value is -6.12. The smallest absolute Gasteiger partial charge is 0.0541 e. The van der Waals surface area contributed by atoms with Gasteiger partial charge in [-0.1, -0.05) is 115 Å². The van der Waals surface area contributed by atoms with Gasteiger partial charge in [-0.15, -0.1) is 0 Å². The second kappa shape index (κ2) is 11.0. The van der Waals surface area contributed by atoms with Crippen molar-refractivity contribution >= 4 is 55.3 Å². The Morgan fingerprint density at radius 1 is 0.449 bits per heavy atom. The number of rotatable bonds is 4. The van der Waals surface area contributed by atoms with Crippen molar-refractivity contribution in [3.63, 3.8) is 0 Å². The monoisotopic (exact) mass is 626 g/mol. The Labute approximate surface area is 285 Å². The van der Waals surface area contributed by atoms with Crippen molar-refractivity contribution in [2.45, 2.75) is 19.8 Å². The first-order valence-electron chi connectivity index (χ1n) is 17.3. The summed E-state index contributed by atoms with van der Waals surface area (Å²) in [6.07, 6.45) is 4.52. The van der Waals surface area contributed by atoms with Crippen LogP contribution in [-0.4, -0.2) is 9.13 Å². The maximum atomic E-state index is 2.44. The predicted octanol–water partition coefficient (Wildman–Crippen LogP) is 10.6. The van der Waals surface area contributed by atoms with Crippen LogP contribution in [0.25, 0.3) is 77.8 Å². The zero-order chi connectivity index (χ0) is 32.5. The highest BCUT2D eigenvalue weighted by molar-refractivity contribution is 6.10. The highest BCUT2D eigenvalue weighted by Gasteiger charge is 2.16. The normalized spacial score (nSPS) is 13.0. The van der Waals surface area contributed by atoms with E-state index in [0.29, 0.717) is 0 Å². The molecule has 0 amide bonds. The highest BCUT2D eigenvalue weighted by Crippen LogP contribution is 2.35. The summed E-state index contributed by atoms with van der Waals surface area (Å²) in [6.45, 7) is 2.27. The minimum absolute atomic E-state index is 1.03. The fraction of sp³-hybridized carbons (Fsp3) is 0.0638. The van der Waals surface area contributed by atoms with Gasteiger partial charge in [0.2, 0.25) is 0 Å². The van der Waals surface area contributed by atoms with Gasteiger partial charge in [-0.25, -0.2) is 0 Å². The number of benzene rings is 7. The zero-order valence-corrected chi connectivity index (χ0v) is 27.4. The van der Waals surface area contributed by atoms with Gasteiger partial charge in [0.1, 0.15) is 0 Å². The van der Waals surface area contributed by atoms with Crippen LogP contribution >= 0.6 is 0 Å². The second-order valence-electron chi connectivity index (χ2n) is 13.3. The van der Waals surface area contributed by atoms with Gasteiger partial charge in [0, 0.05) is 32.9 Å². The summed E-state index contributed by atoms with van der Waals surface area (Å²) < 4.78 is 4.80. The lowest BCUT2D eigenvalue weighted by molar-refractivity contribution is 1.07. The van der Waals surface area contributed by atoms with Crippen molar-refractivity contribution in [1.29, 1.82) is 0 Å². The molecule has 2 nitrogen and oxygen atoms in total. The minimum Gasteiger partial charge on any atom is -0.309 e. The molecule has 0 fully saturated rings. The zero-order valence-electron chi connectivity index (χ0n) is 27.4. The molecule has 7 aromatic carbocycles. The van der Waals surface area contributed by atoms with Crippen LogP contribution in [0.3, 0.4) is 0 Å². The molecule has 49 heavy (non-hydrogen) atoms. The van der Waals surface area contributed by atoms with E-state index in [4.69, 9.17) is 0 Å². The van der Waals surface area contributed by atoms with Gasteiger partial charge in [0.25, 0.3) is 0 Å². The Kier molecular flexibility index (Phi) is 6.25. The number of hydrogen-bond donors (Lipinski definition) is 0. The molecule has 0 N–H and O–H groups in total. The van der Waals surface area contributed by atoms with Crippen LogP contribution in [0.4, 0.5) is 0 Å². The van der Waals surface area contributed by atoms with Crippen molar-refractivity contribution in [2.24, 2.45) is 0 Å². The quantitative estimate of drug-likeness (QED) is 0.184. The summed E-state index contributed by atoms with van der Waals surface area (Å²) in [6, 6.07) is 57.9. The number of nitrogens with zero attached hydrogens (tertiary/aromatic N) is 2. The van der Waals surface area contributed by atoms with Crippen molar-refractivity contribution in [2.75, 3.05) is 0 Å². The molecular weight excluding hydrogens is 593 g/mol. The summed E-state index contributed by atoms with van der Waals surface area (Å²) in [5, 5.41) is 7.86. The molecular formula is C47H34N2. The molecule has 0 saturated heterocycles. The van der Waals surface area contributed by atoms with E-state index < -0.39 is 0 Å². The van der Waals surface area contributed by atoms with Crippen LogP contribution in [0.2, 0.25) is 0 Å². The largest absolute Gasteiger partial charge is 0.309 e. The third kappa shape index (κ3) is 4.27. The van der Waals surface area contributed by atoms with Gasteiger partial charge < -0.3 is 9.13 Å². The molecule has 1 aliphatic carbocycles. The van der Waals surface area contributed by atoms with Gasteiger partial charge in [0.15, 0.2) is 0 Å². The van der Waals surface area contributed by atoms with Crippen LogP contribution < -0.4 is 10.4 Å². The lowest BCUT2D eigenvalue weighted by atomic mass is 9.88. The Morgan fingerprint density at radius 3 is 1.51 bits per heavy atom. The first-order chi connectivity index (χ1) is 24.2. The number of aryl methyl sites for hydroxylation is 1. The van der Waals surface area contributed by atoms with E-state index in [9.17, 15) is 0 Å². The molecule has 0 aliphatic heterocycles. The summed E-state index contributed by atoms with van der Waals surface area (Å²) in [4.78, 5) is 0. The molecule has 2 aromatic heterocycles. The Bertz CT molecular complexity index is 2770. The molecule has 232 valence electrons. The third-order valence-corrected chi connectivity index (χ3v) is 10.6. The predicted molar refractivity (Wildman–Crippen MR) is 207 cm³/mol. The number of aromatic nitrogens is 2. The van der Waals surface area contributed by atoms with Crippen molar-refractivity contribution in [1.82, 2.24) is 9.13 Å². The van der Waals surface area contributed by atoms with E-state index in [1.807, 2.05) is 0 Å². The number of para-hydroxylation sites is 4. The van der Waals surface area contributed by atoms with Gasteiger partial charge in [-0.05, 0) is 107 Å². The maximum Gasteiger partial charge on any atom is 0.0541 e. The first kappa shape index (κ1) is 27.9. The summed E-state index contributed by atoms with van der Waals surface area (Å²) >= 11 is 0. The van der Waals surface area contributed by atoms with E-state index in [1.54, 1.807) is 0 Å². The average Bonchev–Trinajstić information content (AvgIpc) is 3.68. The van der Waals surface area contributed by atoms with E-state index in [0.717, 1.165) is 12.8 Å². The molecule has 10 rings (SSSR count). The Balaban J connectivity index is 1.07. The van der Waals surface area contributed by atoms with E-state index >= 15 is 0 Å². The van der Waals surface area contributed by atoms with Crippen LogP contribution in [0.5, 0.6) is 0 Å². The third-order valence-electron chi connectivity index (χ3n) is 10.6. The molecule has 9 aromatic rings. The topological polar surface area (TPSA) is 9.86 Å². The standard InChI is InChI=1S/C47H34N2/c1-31-30-34(49-46-22-8-4-14-42(46)43-15-5-9-23-47(43)49)28-29-35(31)37-17-11-18-38-36(16-10-19-39(37)38)32-24-26-33(27-25-32)48-44-20-6-2-12-40(44)41-13-3-7-21-45(41)48/h2-10,12-16,18-30H,11,17H2,1H3. The van der Waals surface area contributed by atoms with E-state index in [2.05, 4.69) is 180 Å². The molecule has 0 unspecified atom stereocenters. The minimum atomic E-state index is 1.03. The molecule has 0 radical (unpaired) electrons. The first-order valence-corrected chi connectivity index (χ1v) is 17.3. The molecule has 2 heteroatoms. The van der Waals surface area contributed by atoms with Crippen LogP contribution in [0, 0.1) is 6.92 Å². The van der Waals surface area contributed by atoms with Crippen LogP contribution in [0.15, 0.2) is 158 Å². The summed E-state index contributed by atoms with van der Waals surface area (Å²) in [5.74, 6) is 0. The summed E-state index contributed by atoms with van der Waals surface area (Å²) in [7, 11) is 0. The van der Waals surface area contributed by atoms with Crippen molar-refractivity contribution < 1.29 is 0 Å². The highest BCUT2D eigenvalue weighted by atomic mass is 15.0. The molecule has 0 saturated carbocycles. The lowest BCUT2D eigenvalue weighted by Gasteiger charge is -2.18. The Morgan fingerprint density at radius 2 is 0.959 bits per heavy atom. The van der Waals surface area contributed by atoms with Crippen LogP contribution in [-0.2, 0) is 0 Å². The lowest BCUT2D eigenvalue weighted by Crippen LogP contribution is -2.31. The van der Waals surface area contributed by atoms with Crippen molar-refractivity contribution in [3.05, 3.63) is 179 Å². The van der Waals surface area contributed by atoms with Crippen molar-refractivity contribution in [3.8, 4) is 22.5 Å². The molecule has 0 bridgehead atoms. The number of hydrogen-bond acceptors (Lipinski definition) is 0. The fourth-order valence-corrected chi connectivity index (χ4v) is 8.39. The van der Waals surface area contributed by atoms with Gasteiger partial charge in [0.05, 0.1) is 22.1 Å². The molecule has 2 heterocycles. The van der Waals surface area contributed by atoms with Gasteiger partial charge in [-0.2, -0.15) is 0 Å². The summed E-state index contributed by atoms with van der Waals surface area (Å²) in [5.41, 5.74) is 14.0.